The molecule has 3 nitrogen and oxygen atoms in total. The molecule has 0 N–H and O–H groups in total. The lowest BCUT2D eigenvalue weighted by molar-refractivity contribution is 0.136. The van der Waals surface area contributed by atoms with E-state index in [1.54, 1.807) is 0 Å². The van der Waals surface area contributed by atoms with E-state index < -0.39 is 6.57 Å². The zero-order valence-corrected chi connectivity index (χ0v) is 15.6. The van der Waals surface area contributed by atoms with Crippen LogP contribution < -0.4 is 0 Å². The normalized spacial score (nSPS) is 17.8. The molecule has 0 heterocycles. The van der Waals surface area contributed by atoms with Gasteiger partial charge in [0.2, 0.25) is 0 Å². The van der Waals surface area contributed by atoms with Crippen LogP contribution in [0.15, 0.2) is 0 Å². The lowest BCUT2D eigenvalue weighted by Gasteiger charge is -2.34. The van der Waals surface area contributed by atoms with E-state index in [1.807, 2.05) is 34.9 Å². The van der Waals surface area contributed by atoms with Crippen LogP contribution in [0, 0.1) is 5.92 Å². The number of hydrogen-bond donors (Lipinski definition) is 0. The van der Waals surface area contributed by atoms with Crippen molar-refractivity contribution in [1.29, 1.82) is 0 Å². The molecular formula is C14H32NO2PS. The van der Waals surface area contributed by atoms with Crippen molar-refractivity contribution in [3.63, 3.8) is 0 Å². The highest BCUT2D eigenvalue weighted by atomic mass is 32.7. The minimum absolute atomic E-state index is 0.138. The van der Waals surface area contributed by atoms with Gasteiger partial charge in [0.25, 0.3) is 6.57 Å². The lowest BCUT2D eigenvalue weighted by Crippen LogP contribution is -2.24. The maximum atomic E-state index is 13.3. The summed E-state index contributed by atoms with van der Waals surface area (Å²) in [6, 6.07) is 0. The Morgan fingerprint density at radius 2 is 1.79 bits per heavy atom. The Labute approximate surface area is 124 Å². The third kappa shape index (κ3) is 7.75. The number of rotatable bonds is 8. The molecule has 0 aliphatic carbocycles. The Bertz CT molecular complexity index is 300. The van der Waals surface area contributed by atoms with Gasteiger partial charge in [-0.05, 0) is 47.2 Å². The van der Waals surface area contributed by atoms with E-state index in [9.17, 15) is 4.57 Å². The summed E-state index contributed by atoms with van der Waals surface area (Å²) >= 11 is 1.53. The molecular weight excluding hydrogens is 277 g/mol. The van der Waals surface area contributed by atoms with Gasteiger partial charge < -0.3 is 9.42 Å². The summed E-state index contributed by atoms with van der Waals surface area (Å²) < 4.78 is 19.3. The van der Waals surface area contributed by atoms with Crippen LogP contribution in [-0.2, 0) is 9.09 Å². The number of hydrogen-bond acceptors (Lipinski definition) is 4. The predicted molar refractivity (Wildman–Crippen MR) is 88.4 cm³/mol. The van der Waals surface area contributed by atoms with Gasteiger partial charge in [-0.1, -0.05) is 32.2 Å². The van der Waals surface area contributed by atoms with Crippen LogP contribution in [0.4, 0.5) is 0 Å². The molecule has 0 aromatic carbocycles. The van der Waals surface area contributed by atoms with E-state index in [0.717, 1.165) is 18.7 Å². The molecule has 0 aliphatic heterocycles. The first-order valence-electron chi connectivity index (χ1n) is 7.11. The van der Waals surface area contributed by atoms with Crippen LogP contribution >= 0.6 is 18.0 Å². The summed E-state index contributed by atoms with van der Waals surface area (Å²) in [5.74, 6) is 1.23. The van der Waals surface area contributed by atoms with Gasteiger partial charge in [0.1, 0.15) is 0 Å². The summed E-state index contributed by atoms with van der Waals surface area (Å²) in [5, 5.41) is 0. The minimum Gasteiger partial charge on any atom is -0.315 e. The van der Waals surface area contributed by atoms with Gasteiger partial charge in [0.05, 0.1) is 5.60 Å². The quantitative estimate of drug-likeness (QED) is 0.607. The van der Waals surface area contributed by atoms with Crippen LogP contribution in [0.1, 0.15) is 48.0 Å². The maximum absolute atomic E-state index is 13.3. The molecule has 0 spiro atoms. The van der Waals surface area contributed by atoms with Gasteiger partial charge in [-0.25, -0.2) is 0 Å². The first-order valence-corrected chi connectivity index (χ1v) is 10.4. The molecule has 19 heavy (non-hydrogen) atoms. The maximum Gasteiger partial charge on any atom is 0.261 e. The molecule has 0 amide bonds. The van der Waals surface area contributed by atoms with E-state index in [2.05, 4.69) is 25.7 Å². The summed E-state index contributed by atoms with van der Waals surface area (Å²) in [6.45, 7) is 10.6. The van der Waals surface area contributed by atoms with Crippen LogP contribution in [0.5, 0.6) is 0 Å². The minimum atomic E-state index is -2.67. The van der Waals surface area contributed by atoms with Crippen LogP contribution in [-0.4, -0.2) is 42.6 Å². The molecule has 116 valence electrons. The van der Waals surface area contributed by atoms with Crippen molar-refractivity contribution in [3.05, 3.63) is 0 Å². The van der Waals surface area contributed by atoms with Gasteiger partial charge in [-0.3, -0.25) is 4.57 Å². The molecule has 2 unspecified atom stereocenters. The molecule has 0 aromatic heterocycles. The van der Waals surface area contributed by atoms with E-state index >= 15 is 0 Å². The van der Waals surface area contributed by atoms with Crippen LogP contribution in [0.3, 0.4) is 0 Å². The highest BCUT2D eigenvalue weighted by molar-refractivity contribution is 8.56. The Morgan fingerprint density at radius 3 is 2.11 bits per heavy atom. The monoisotopic (exact) mass is 309 g/mol. The Balaban J connectivity index is 4.95. The highest BCUT2D eigenvalue weighted by Crippen LogP contribution is 2.67. The van der Waals surface area contributed by atoms with Gasteiger partial charge in [0, 0.05) is 18.0 Å². The molecule has 0 saturated carbocycles. The van der Waals surface area contributed by atoms with Gasteiger partial charge in [-0.15, -0.1) is 0 Å². The van der Waals surface area contributed by atoms with E-state index in [4.69, 9.17) is 4.52 Å². The summed E-state index contributed by atoms with van der Waals surface area (Å²) in [5.41, 5.74) is -0.220. The second-order valence-corrected chi connectivity index (χ2v) is 11.5. The van der Waals surface area contributed by atoms with Crippen LogP contribution in [0.25, 0.3) is 0 Å². The van der Waals surface area contributed by atoms with E-state index in [0.29, 0.717) is 5.92 Å². The van der Waals surface area contributed by atoms with E-state index in [-0.39, 0.29) is 11.3 Å². The zero-order chi connectivity index (χ0) is 15.3. The van der Waals surface area contributed by atoms with Crippen molar-refractivity contribution >= 4 is 18.0 Å². The Hall–Kier alpha value is 0.500. The first-order chi connectivity index (χ1) is 8.52. The molecule has 5 heteroatoms. The van der Waals surface area contributed by atoms with Gasteiger partial charge in [-0.2, -0.15) is 0 Å². The fourth-order valence-corrected chi connectivity index (χ4v) is 8.59. The molecule has 0 radical (unpaired) electrons. The van der Waals surface area contributed by atoms with Gasteiger partial charge in [0.15, 0.2) is 0 Å². The third-order valence-corrected chi connectivity index (χ3v) is 8.77. The second kappa shape index (κ2) is 8.07. The Morgan fingerprint density at radius 1 is 1.26 bits per heavy atom. The van der Waals surface area contributed by atoms with E-state index in [1.165, 1.54) is 11.4 Å². The van der Waals surface area contributed by atoms with Crippen molar-refractivity contribution in [1.82, 2.24) is 4.90 Å². The molecule has 0 bridgehead atoms. The van der Waals surface area contributed by atoms with Crippen molar-refractivity contribution in [2.75, 3.05) is 26.4 Å². The molecule has 0 fully saturated rings. The molecule has 2 atom stereocenters. The van der Waals surface area contributed by atoms with Crippen molar-refractivity contribution in [2.45, 2.75) is 59.2 Å². The topological polar surface area (TPSA) is 29.5 Å². The first kappa shape index (κ1) is 19.5. The Kier molecular flexibility index (Phi) is 8.28. The molecule has 0 aliphatic rings. The number of nitrogens with zero attached hydrogens (tertiary/aromatic N) is 1. The standard InChI is InChI=1S/C14H32NO2PS/c1-9-13(12(2)3)18(16,17-14(4,5)6)19-11-10-15(7)8/h12-13H,9-11H2,1-8H3. The lowest BCUT2D eigenvalue weighted by atomic mass is 10.1. The fraction of sp³-hybridized carbons (Fsp3) is 1.00. The largest absolute Gasteiger partial charge is 0.315 e. The second-order valence-electron chi connectivity index (χ2n) is 6.60. The summed E-state index contributed by atoms with van der Waals surface area (Å²) in [7, 11) is 4.08. The average Bonchev–Trinajstić information content (AvgIpc) is 2.13. The third-order valence-electron chi connectivity index (χ3n) is 2.80. The summed E-state index contributed by atoms with van der Waals surface area (Å²) in [4.78, 5) is 2.12. The molecule has 0 rings (SSSR count). The van der Waals surface area contributed by atoms with Crippen molar-refractivity contribution in [2.24, 2.45) is 5.92 Å². The molecule has 0 aromatic rings. The summed E-state index contributed by atoms with van der Waals surface area (Å²) in [6.07, 6.45) is 0.903. The van der Waals surface area contributed by atoms with Crippen molar-refractivity contribution in [3.8, 4) is 0 Å². The molecule has 0 saturated heterocycles. The smallest absolute Gasteiger partial charge is 0.261 e. The predicted octanol–water partition coefficient (Wildman–Crippen LogP) is 4.72. The fourth-order valence-electron chi connectivity index (χ4n) is 1.98. The SMILES string of the molecule is CCC(C(C)C)P(=O)(OC(C)(C)C)SCCN(C)C. The average molecular weight is 309 g/mol. The van der Waals surface area contributed by atoms with Gasteiger partial charge >= 0.3 is 0 Å². The van der Waals surface area contributed by atoms with Crippen LogP contribution in [0.2, 0.25) is 0 Å². The zero-order valence-electron chi connectivity index (χ0n) is 13.9. The highest BCUT2D eigenvalue weighted by Gasteiger charge is 2.39. The van der Waals surface area contributed by atoms with Crippen molar-refractivity contribution < 1.29 is 9.09 Å².